The summed E-state index contributed by atoms with van der Waals surface area (Å²) in [5, 5.41) is 12.0. The molecule has 2 aromatic rings. The molecule has 0 radical (unpaired) electrons. The second-order valence-electron chi connectivity index (χ2n) is 4.13. The van der Waals surface area contributed by atoms with Crippen LogP contribution in [-0.2, 0) is 0 Å². The third-order valence-electron chi connectivity index (χ3n) is 2.44. The Morgan fingerprint density at radius 3 is 2.63 bits per heavy atom. The molecule has 0 saturated heterocycles. The normalized spacial score (nSPS) is 10.3. The van der Waals surface area contributed by atoms with Crippen molar-refractivity contribution >= 4 is 33.5 Å². The van der Waals surface area contributed by atoms with Gasteiger partial charge in [-0.05, 0) is 53.5 Å². The molecule has 1 heterocycles. The van der Waals surface area contributed by atoms with Crippen LogP contribution in [0.15, 0.2) is 28.7 Å². The van der Waals surface area contributed by atoms with Gasteiger partial charge >= 0.3 is 5.97 Å². The van der Waals surface area contributed by atoms with E-state index in [-0.39, 0.29) is 11.6 Å². The molecule has 0 aliphatic carbocycles. The Balaban J connectivity index is 2.35. The number of halogens is 1. The second kappa shape index (κ2) is 5.36. The molecular weight excluding hydrogens is 310 g/mol. The molecule has 0 saturated carbocycles. The molecule has 0 atom stereocenters. The largest absolute Gasteiger partial charge is 0.477 e. The SMILES string of the molecule is Cc1ccc(Nc2nc(C)cc(C(=O)O)n2)c(Br)c1. The number of aromatic nitrogens is 2. The summed E-state index contributed by atoms with van der Waals surface area (Å²) in [6.07, 6.45) is 0. The number of nitrogens with zero attached hydrogens (tertiary/aromatic N) is 2. The number of hydrogen-bond donors (Lipinski definition) is 2. The van der Waals surface area contributed by atoms with Crippen molar-refractivity contribution in [2.24, 2.45) is 0 Å². The molecular formula is C13H12BrN3O2. The molecule has 98 valence electrons. The molecule has 1 aromatic carbocycles. The molecule has 0 unspecified atom stereocenters. The fourth-order valence-electron chi connectivity index (χ4n) is 1.58. The van der Waals surface area contributed by atoms with Gasteiger partial charge in [0.1, 0.15) is 0 Å². The van der Waals surface area contributed by atoms with Gasteiger partial charge in [-0.2, -0.15) is 0 Å². The number of nitrogens with one attached hydrogen (secondary N) is 1. The third kappa shape index (κ3) is 3.29. The molecule has 0 amide bonds. The third-order valence-corrected chi connectivity index (χ3v) is 3.10. The zero-order chi connectivity index (χ0) is 14.0. The minimum absolute atomic E-state index is 0.0294. The number of aryl methyl sites for hydroxylation is 2. The van der Waals surface area contributed by atoms with Crippen molar-refractivity contribution < 1.29 is 9.90 Å². The van der Waals surface area contributed by atoms with Crippen LogP contribution in [0, 0.1) is 13.8 Å². The zero-order valence-corrected chi connectivity index (χ0v) is 12.0. The summed E-state index contributed by atoms with van der Waals surface area (Å²) in [4.78, 5) is 19.1. The van der Waals surface area contributed by atoms with Crippen molar-refractivity contribution in [3.8, 4) is 0 Å². The maximum absolute atomic E-state index is 10.9. The van der Waals surface area contributed by atoms with Crippen molar-refractivity contribution in [2.45, 2.75) is 13.8 Å². The molecule has 1 aromatic heterocycles. The quantitative estimate of drug-likeness (QED) is 0.907. The first-order valence-corrected chi connectivity index (χ1v) is 6.37. The molecule has 0 aliphatic rings. The van der Waals surface area contributed by atoms with Gasteiger partial charge in [-0.15, -0.1) is 0 Å². The average Bonchev–Trinajstić information content (AvgIpc) is 2.32. The topological polar surface area (TPSA) is 75.1 Å². The number of carbonyl (C=O) groups is 1. The number of carboxylic acid groups (broad SMARTS) is 1. The van der Waals surface area contributed by atoms with Crippen LogP contribution in [0.25, 0.3) is 0 Å². The lowest BCUT2D eigenvalue weighted by Gasteiger charge is -2.09. The molecule has 5 nitrogen and oxygen atoms in total. The van der Waals surface area contributed by atoms with Crippen LogP contribution in [0.5, 0.6) is 0 Å². The van der Waals surface area contributed by atoms with E-state index in [1.165, 1.54) is 6.07 Å². The van der Waals surface area contributed by atoms with Crippen LogP contribution in [-0.4, -0.2) is 21.0 Å². The Hall–Kier alpha value is -1.95. The van der Waals surface area contributed by atoms with Crippen molar-refractivity contribution in [3.05, 3.63) is 45.7 Å². The first kappa shape index (κ1) is 13.5. The fraction of sp³-hybridized carbons (Fsp3) is 0.154. The minimum Gasteiger partial charge on any atom is -0.477 e. The van der Waals surface area contributed by atoms with Crippen molar-refractivity contribution in [1.82, 2.24) is 9.97 Å². The second-order valence-corrected chi connectivity index (χ2v) is 4.99. The highest BCUT2D eigenvalue weighted by molar-refractivity contribution is 9.10. The number of rotatable bonds is 3. The van der Waals surface area contributed by atoms with E-state index in [1.807, 2.05) is 25.1 Å². The van der Waals surface area contributed by atoms with E-state index in [0.717, 1.165) is 15.7 Å². The van der Waals surface area contributed by atoms with E-state index in [9.17, 15) is 4.79 Å². The molecule has 0 aliphatic heterocycles. The van der Waals surface area contributed by atoms with Crippen molar-refractivity contribution in [1.29, 1.82) is 0 Å². The summed E-state index contributed by atoms with van der Waals surface area (Å²) in [6, 6.07) is 7.21. The number of carboxylic acids is 1. The summed E-state index contributed by atoms with van der Waals surface area (Å²) in [5.74, 6) is -0.807. The van der Waals surface area contributed by atoms with Gasteiger partial charge in [-0.3, -0.25) is 0 Å². The van der Waals surface area contributed by atoms with Crippen LogP contribution in [0.4, 0.5) is 11.6 Å². The number of anilines is 2. The predicted octanol–water partition coefficient (Wildman–Crippen LogP) is 3.30. The van der Waals surface area contributed by atoms with E-state index < -0.39 is 5.97 Å². The summed E-state index contributed by atoms with van der Waals surface area (Å²) in [7, 11) is 0. The van der Waals surface area contributed by atoms with E-state index in [2.05, 4.69) is 31.2 Å². The number of benzene rings is 1. The van der Waals surface area contributed by atoms with Gasteiger partial charge < -0.3 is 10.4 Å². The molecule has 0 bridgehead atoms. The van der Waals surface area contributed by atoms with E-state index in [1.54, 1.807) is 6.92 Å². The van der Waals surface area contributed by atoms with E-state index in [4.69, 9.17) is 5.11 Å². The highest BCUT2D eigenvalue weighted by Gasteiger charge is 2.09. The van der Waals surface area contributed by atoms with Crippen LogP contribution >= 0.6 is 15.9 Å². The predicted molar refractivity (Wildman–Crippen MR) is 75.9 cm³/mol. The van der Waals surface area contributed by atoms with Crippen LogP contribution in [0.2, 0.25) is 0 Å². The summed E-state index contributed by atoms with van der Waals surface area (Å²) >= 11 is 3.44. The van der Waals surface area contributed by atoms with Gasteiger partial charge in [0.2, 0.25) is 5.95 Å². The lowest BCUT2D eigenvalue weighted by molar-refractivity contribution is 0.0690. The Labute approximate surface area is 118 Å². The fourth-order valence-corrected chi connectivity index (χ4v) is 2.17. The van der Waals surface area contributed by atoms with Crippen LogP contribution in [0.1, 0.15) is 21.7 Å². The zero-order valence-electron chi connectivity index (χ0n) is 10.4. The summed E-state index contributed by atoms with van der Waals surface area (Å²) in [5.41, 5.74) is 2.47. The van der Waals surface area contributed by atoms with E-state index >= 15 is 0 Å². The molecule has 2 N–H and O–H groups in total. The molecule has 19 heavy (non-hydrogen) atoms. The van der Waals surface area contributed by atoms with Gasteiger partial charge in [-0.1, -0.05) is 6.07 Å². The van der Waals surface area contributed by atoms with Gasteiger partial charge in [0.25, 0.3) is 0 Å². The Kier molecular flexibility index (Phi) is 3.80. The summed E-state index contributed by atoms with van der Waals surface area (Å²) in [6.45, 7) is 3.71. The number of hydrogen-bond acceptors (Lipinski definition) is 4. The molecule has 0 spiro atoms. The molecule has 6 heteroatoms. The smallest absolute Gasteiger partial charge is 0.354 e. The average molecular weight is 322 g/mol. The lowest BCUT2D eigenvalue weighted by atomic mass is 10.2. The van der Waals surface area contributed by atoms with Gasteiger partial charge in [0.05, 0.1) is 5.69 Å². The minimum atomic E-state index is -1.07. The maximum Gasteiger partial charge on any atom is 0.354 e. The highest BCUT2D eigenvalue weighted by atomic mass is 79.9. The van der Waals surface area contributed by atoms with Gasteiger partial charge in [0.15, 0.2) is 5.69 Å². The Bertz CT molecular complexity index is 644. The first-order valence-electron chi connectivity index (χ1n) is 5.58. The summed E-state index contributed by atoms with van der Waals surface area (Å²) < 4.78 is 0.870. The molecule has 2 rings (SSSR count). The Morgan fingerprint density at radius 1 is 1.26 bits per heavy atom. The monoisotopic (exact) mass is 321 g/mol. The number of aromatic carboxylic acids is 1. The Morgan fingerprint density at radius 2 is 2.00 bits per heavy atom. The van der Waals surface area contributed by atoms with Gasteiger partial charge in [-0.25, -0.2) is 14.8 Å². The maximum atomic E-state index is 10.9. The first-order chi connectivity index (χ1) is 8.95. The van der Waals surface area contributed by atoms with Crippen molar-refractivity contribution in [3.63, 3.8) is 0 Å². The van der Waals surface area contributed by atoms with Crippen LogP contribution < -0.4 is 5.32 Å². The lowest BCUT2D eigenvalue weighted by Crippen LogP contribution is -2.06. The molecule has 0 fully saturated rings. The van der Waals surface area contributed by atoms with Crippen molar-refractivity contribution in [2.75, 3.05) is 5.32 Å². The highest BCUT2D eigenvalue weighted by Crippen LogP contribution is 2.25. The van der Waals surface area contributed by atoms with Crippen LogP contribution in [0.3, 0.4) is 0 Å². The van der Waals surface area contributed by atoms with Gasteiger partial charge in [0, 0.05) is 10.2 Å². The van der Waals surface area contributed by atoms with E-state index in [0.29, 0.717) is 5.69 Å². The standard InChI is InChI=1S/C13H12BrN3O2/c1-7-3-4-10(9(14)5-7)16-13-15-8(2)6-11(17-13)12(18)19/h3-6H,1-2H3,(H,18,19)(H,15,16,17).